The van der Waals surface area contributed by atoms with E-state index in [4.69, 9.17) is 0 Å². The molecule has 1 aliphatic heterocycles. The molecular formula is C15H22F2N2. The monoisotopic (exact) mass is 268 g/mol. The highest BCUT2D eigenvalue weighted by Crippen LogP contribution is 2.19. The van der Waals surface area contributed by atoms with Gasteiger partial charge in [0.1, 0.15) is 0 Å². The average molecular weight is 268 g/mol. The number of nitrogens with one attached hydrogen (secondary N) is 1. The smallest absolute Gasteiger partial charge is 0.163 e. The maximum atomic E-state index is 13.7. The minimum Gasteiger partial charge on any atom is -0.306 e. The largest absolute Gasteiger partial charge is 0.306 e. The summed E-state index contributed by atoms with van der Waals surface area (Å²) in [5, 5.41) is 3.34. The van der Waals surface area contributed by atoms with E-state index in [2.05, 4.69) is 17.1 Å². The number of benzene rings is 1. The normalized spacial score (nSPS) is 19.6. The lowest BCUT2D eigenvalue weighted by Crippen LogP contribution is -2.39. The van der Waals surface area contributed by atoms with Crippen molar-refractivity contribution in [1.82, 2.24) is 10.2 Å². The van der Waals surface area contributed by atoms with Crippen LogP contribution in [-0.4, -0.2) is 30.6 Å². The lowest BCUT2D eigenvalue weighted by molar-refractivity contribution is 0.287. The Morgan fingerprint density at radius 1 is 1.21 bits per heavy atom. The highest BCUT2D eigenvalue weighted by molar-refractivity contribution is 5.22. The van der Waals surface area contributed by atoms with Gasteiger partial charge in [0, 0.05) is 24.2 Å². The van der Waals surface area contributed by atoms with Crippen molar-refractivity contribution in [2.45, 2.75) is 38.8 Å². The van der Waals surface area contributed by atoms with E-state index in [0.29, 0.717) is 5.56 Å². The van der Waals surface area contributed by atoms with Crippen molar-refractivity contribution in [3.8, 4) is 0 Å². The van der Waals surface area contributed by atoms with E-state index in [1.54, 1.807) is 12.1 Å². The minimum absolute atomic E-state index is 0.187. The van der Waals surface area contributed by atoms with Crippen molar-refractivity contribution in [2.75, 3.05) is 19.6 Å². The highest BCUT2D eigenvalue weighted by Gasteiger charge is 2.18. The first-order valence-corrected chi connectivity index (χ1v) is 7.00. The van der Waals surface area contributed by atoms with Gasteiger partial charge in [-0.05, 0) is 45.8 Å². The van der Waals surface area contributed by atoms with E-state index in [1.165, 1.54) is 12.8 Å². The zero-order valence-electron chi connectivity index (χ0n) is 11.6. The van der Waals surface area contributed by atoms with E-state index in [1.807, 2.05) is 6.92 Å². The molecule has 1 saturated heterocycles. The quantitative estimate of drug-likeness (QED) is 0.882. The van der Waals surface area contributed by atoms with E-state index in [0.717, 1.165) is 25.7 Å². The Morgan fingerprint density at radius 3 is 2.58 bits per heavy atom. The molecule has 0 bridgehead atoms. The van der Waals surface area contributed by atoms with Gasteiger partial charge < -0.3 is 10.2 Å². The standard InChI is InChI=1S/C15H22F2N2/c1-11(10-19-8-3-4-9-19)18-12(2)13-6-5-7-14(16)15(13)17/h5-7,11-12,18H,3-4,8-10H2,1-2H3. The van der Waals surface area contributed by atoms with Crippen LogP contribution in [0.5, 0.6) is 0 Å². The van der Waals surface area contributed by atoms with Gasteiger partial charge in [0.15, 0.2) is 11.6 Å². The molecule has 1 aliphatic rings. The first-order chi connectivity index (χ1) is 9.08. The Balaban J connectivity index is 1.92. The zero-order chi connectivity index (χ0) is 13.8. The Labute approximate surface area is 113 Å². The predicted octanol–water partition coefficient (Wildman–Crippen LogP) is 3.10. The molecule has 0 radical (unpaired) electrons. The van der Waals surface area contributed by atoms with Crippen molar-refractivity contribution in [1.29, 1.82) is 0 Å². The lowest BCUT2D eigenvalue weighted by Gasteiger charge is -2.25. The molecule has 1 aromatic carbocycles. The van der Waals surface area contributed by atoms with E-state index >= 15 is 0 Å². The molecule has 0 saturated carbocycles. The van der Waals surface area contributed by atoms with E-state index in [-0.39, 0.29) is 12.1 Å². The number of rotatable bonds is 5. The van der Waals surface area contributed by atoms with Crippen LogP contribution in [0.2, 0.25) is 0 Å². The molecule has 1 heterocycles. The molecule has 0 amide bonds. The van der Waals surface area contributed by atoms with Crippen molar-refractivity contribution in [3.05, 3.63) is 35.4 Å². The molecule has 19 heavy (non-hydrogen) atoms. The Hall–Kier alpha value is -1.00. The van der Waals surface area contributed by atoms with Crippen LogP contribution in [0, 0.1) is 11.6 Å². The van der Waals surface area contributed by atoms with E-state index < -0.39 is 11.6 Å². The van der Waals surface area contributed by atoms with Crippen molar-refractivity contribution in [3.63, 3.8) is 0 Å². The summed E-state index contributed by atoms with van der Waals surface area (Å²) in [6.45, 7) is 7.22. The molecule has 4 heteroatoms. The summed E-state index contributed by atoms with van der Waals surface area (Å²) in [7, 11) is 0. The van der Waals surface area contributed by atoms with Crippen LogP contribution in [0.15, 0.2) is 18.2 Å². The third kappa shape index (κ3) is 3.74. The molecule has 1 aromatic rings. The van der Waals surface area contributed by atoms with Gasteiger partial charge in [-0.2, -0.15) is 0 Å². The van der Waals surface area contributed by atoms with Crippen LogP contribution in [0.1, 0.15) is 38.3 Å². The third-order valence-electron chi connectivity index (χ3n) is 3.71. The van der Waals surface area contributed by atoms with Crippen LogP contribution in [0.25, 0.3) is 0 Å². The average Bonchev–Trinajstić information content (AvgIpc) is 2.85. The summed E-state index contributed by atoms with van der Waals surface area (Å²) in [6.07, 6.45) is 2.53. The number of hydrogen-bond donors (Lipinski definition) is 1. The van der Waals surface area contributed by atoms with Gasteiger partial charge in [-0.1, -0.05) is 12.1 Å². The SMILES string of the molecule is CC(CN1CCCC1)NC(C)c1cccc(F)c1F. The van der Waals surface area contributed by atoms with Gasteiger partial charge in [-0.3, -0.25) is 0 Å². The third-order valence-corrected chi connectivity index (χ3v) is 3.71. The van der Waals surface area contributed by atoms with Gasteiger partial charge >= 0.3 is 0 Å². The Morgan fingerprint density at radius 2 is 1.89 bits per heavy atom. The molecule has 1 N–H and O–H groups in total. The van der Waals surface area contributed by atoms with Gasteiger partial charge in [-0.25, -0.2) is 8.78 Å². The van der Waals surface area contributed by atoms with Crippen molar-refractivity contribution < 1.29 is 8.78 Å². The maximum absolute atomic E-state index is 13.7. The first-order valence-electron chi connectivity index (χ1n) is 7.00. The second-order valence-corrected chi connectivity index (χ2v) is 5.44. The highest BCUT2D eigenvalue weighted by atomic mass is 19.2. The molecule has 0 aliphatic carbocycles. The second-order valence-electron chi connectivity index (χ2n) is 5.44. The Bertz CT molecular complexity index is 417. The van der Waals surface area contributed by atoms with Crippen molar-refractivity contribution >= 4 is 0 Å². The zero-order valence-corrected chi connectivity index (χ0v) is 11.6. The molecule has 1 fully saturated rings. The number of nitrogens with zero attached hydrogens (tertiary/aromatic N) is 1. The van der Waals surface area contributed by atoms with Crippen LogP contribution in [0.4, 0.5) is 8.78 Å². The van der Waals surface area contributed by atoms with Crippen LogP contribution < -0.4 is 5.32 Å². The van der Waals surface area contributed by atoms with Crippen LogP contribution >= 0.6 is 0 Å². The summed E-state index contributed by atoms with van der Waals surface area (Å²) in [4.78, 5) is 2.41. The number of hydrogen-bond acceptors (Lipinski definition) is 2. The molecule has 0 aromatic heterocycles. The molecule has 2 unspecified atom stereocenters. The second kappa shape index (κ2) is 6.44. The van der Waals surface area contributed by atoms with Gasteiger partial charge in [0.2, 0.25) is 0 Å². The Kier molecular flexibility index (Phi) is 4.88. The van der Waals surface area contributed by atoms with Gasteiger partial charge in [0.05, 0.1) is 0 Å². The molecular weight excluding hydrogens is 246 g/mol. The van der Waals surface area contributed by atoms with Gasteiger partial charge in [0.25, 0.3) is 0 Å². The molecule has 2 nitrogen and oxygen atoms in total. The first kappa shape index (κ1) is 14.4. The lowest BCUT2D eigenvalue weighted by atomic mass is 10.1. The fraction of sp³-hybridized carbons (Fsp3) is 0.600. The number of likely N-dealkylation sites (tertiary alicyclic amines) is 1. The van der Waals surface area contributed by atoms with Crippen LogP contribution in [0.3, 0.4) is 0 Å². The molecule has 2 rings (SSSR count). The summed E-state index contributed by atoms with van der Waals surface area (Å²) in [6, 6.07) is 4.42. The van der Waals surface area contributed by atoms with Crippen LogP contribution in [-0.2, 0) is 0 Å². The van der Waals surface area contributed by atoms with E-state index in [9.17, 15) is 8.78 Å². The summed E-state index contributed by atoms with van der Waals surface area (Å²) < 4.78 is 26.9. The molecule has 2 atom stereocenters. The maximum Gasteiger partial charge on any atom is 0.163 e. The predicted molar refractivity (Wildman–Crippen MR) is 73.0 cm³/mol. The fourth-order valence-electron chi connectivity index (χ4n) is 2.78. The summed E-state index contributed by atoms with van der Waals surface area (Å²) >= 11 is 0. The summed E-state index contributed by atoms with van der Waals surface area (Å²) in [5.41, 5.74) is 0.397. The van der Waals surface area contributed by atoms with Crippen molar-refractivity contribution in [2.24, 2.45) is 0 Å². The molecule has 0 spiro atoms. The summed E-state index contributed by atoms with van der Waals surface area (Å²) in [5.74, 6) is -1.52. The molecule has 106 valence electrons. The fourth-order valence-corrected chi connectivity index (χ4v) is 2.78. The topological polar surface area (TPSA) is 15.3 Å². The van der Waals surface area contributed by atoms with Gasteiger partial charge in [-0.15, -0.1) is 0 Å². The minimum atomic E-state index is -0.779. The number of halogens is 2.